The van der Waals surface area contributed by atoms with Crippen molar-refractivity contribution >= 4 is 5.91 Å². The Morgan fingerprint density at radius 1 is 1.26 bits per heavy atom. The highest BCUT2D eigenvalue weighted by Crippen LogP contribution is 2.25. The van der Waals surface area contributed by atoms with Crippen molar-refractivity contribution in [2.45, 2.75) is 45.3 Å². The van der Waals surface area contributed by atoms with Gasteiger partial charge >= 0.3 is 0 Å². The van der Waals surface area contributed by atoms with Crippen LogP contribution in [0.2, 0.25) is 0 Å². The van der Waals surface area contributed by atoms with Gasteiger partial charge < -0.3 is 10.1 Å². The molecule has 1 aliphatic carbocycles. The molecule has 0 fully saturated rings. The fourth-order valence-corrected chi connectivity index (χ4v) is 2.88. The molecule has 1 N–H and O–H groups in total. The van der Waals surface area contributed by atoms with Crippen molar-refractivity contribution in [1.29, 1.82) is 0 Å². The molecule has 3 rings (SSSR count). The molecule has 0 spiro atoms. The summed E-state index contributed by atoms with van der Waals surface area (Å²) in [6, 6.07) is 9.97. The van der Waals surface area contributed by atoms with Crippen molar-refractivity contribution in [3.63, 3.8) is 0 Å². The number of nitrogens with one attached hydrogen (secondary N) is 1. The van der Waals surface area contributed by atoms with Gasteiger partial charge in [-0.3, -0.25) is 9.78 Å². The van der Waals surface area contributed by atoms with Gasteiger partial charge in [-0.2, -0.15) is 0 Å². The number of benzene rings is 1. The first-order valence-corrected chi connectivity index (χ1v) is 8.17. The Morgan fingerprint density at radius 3 is 2.87 bits per heavy atom. The van der Waals surface area contributed by atoms with E-state index in [1.807, 2.05) is 18.2 Å². The molecule has 23 heavy (non-hydrogen) atoms. The van der Waals surface area contributed by atoms with Crippen molar-refractivity contribution < 1.29 is 9.53 Å². The Hall–Kier alpha value is -2.36. The molecule has 4 nitrogen and oxygen atoms in total. The van der Waals surface area contributed by atoms with Crippen molar-refractivity contribution in [2.24, 2.45) is 0 Å². The maximum absolute atomic E-state index is 12.2. The molecule has 1 aromatic heterocycles. The van der Waals surface area contributed by atoms with Crippen LogP contribution in [0.5, 0.6) is 5.75 Å². The number of amides is 1. The van der Waals surface area contributed by atoms with Gasteiger partial charge in [0.2, 0.25) is 0 Å². The first-order chi connectivity index (χ1) is 11.2. The summed E-state index contributed by atoms with van der Waals surface area (Å²) in [6.07, 6.45) is 7.69. The zero-order valence-corrected chi connectivity index (χ0v) is 13.4. The predicted molar refractivity (Wildman–Crippen MR) is 89.3 cm³/mol. The molecule has 0 saturated heterocycles. The second kappa shape index (κ2) is 7.27. The normalized spacial score (nSPS) is 14.7. The number of aromatic nitrogens is 1. The van der Waals surface area contributed by atoms with Crippen LogP contribution < -0.4 is 10.1 Å². The Labute approximate surface area is 136 Å². The molecule has 4 heteroatoms. The Morgan fingerprint density at radius 2 is 2.09 bits per heavy atom. The maximum Gasteiger partial charge on any atom is 0.261 e. The number of nitrogens with zero attached hydrogens (tertiary/aromatic N) is 1. The van der Waals surface area contributed by atoms with E-state index < -0.39 is 6.10 Å². The zero-order chi connectivity index (χ0) is 16.1. The van der Waals surface area contributed by atoms with Crippen molar-refractivity contribution in [3.05, 3.63) is 59.4 Å². The highest BCUT2D eigenvalue weighted by molar-refractivity contribution is 5.80. The van der Waals surface area contributed by atoms with Crippen LogP contribution in [0, 0.1) is 0 Å². The van der Waals surface area contributed by atoms with Crippen molar-refractivity contribution in [3.8, 4) is 5.75 Å². The molecule has 0 bridgehead atoms. The summed E-state index contributed by atoms with van der Waals surface area (Å²) in [6.45, 7) is 2.24. The second-order valence-corrected chi connectivity index (χ2v) is 5.98. The molecule has 1 atom stereocenters. The topological polar surface area (TPSA) is 51.2 Å². The summed E-state index contributed by atoms with van der Waals surface area (Å²) in [5, 5.41) is 2.88. The molecule has 1 heterocycles. The second-order valence-electron chi connectivity index (χ2n) is 5.98. The Bertz CT molecular complexity index is 670. The van der Waals surface area contributed by atoms with Gasteiger partial charge in [0.25, 0.3) is 5.91 Å². The van der Waals surface area contributed by atoms with E-state index in [1.54, 1.807) is 19.3 Å². The molecule has 2 aromatic rings. The van der Waals surface area contributed by atoms with E-state index in [4.69, 9.17) is 4.74 Å². The third kappa shape index (κ3) is 4.09. The quantitative estimate of drug-likeness (QED) is 0.923. The van der Waals surface area contributed by atoms with E-state index in [2.05, 4.69) is 22.4 Å². The summed E-state index contributed by atoms with van der Waals surface area (Å²) >= 11 is 0. The van der Waals surface area contributed by atoms with E-state index in [9.17, 15) is 4.79 Å². The summed E-state index contributed by atoms with van der Waals surface area (Å²) in [7, 11) is 0. The number of pyridine rings is 1. The summed E-state index contributed by atoms with van der Waals surface area (Å²) in [4.78, 5) is 16.2. The van der Waals surface area contributed by atoms with Gasteiger partial charge in [0.1, 0.15) is 5.75 Å². The molecule has 120 valence electrons. The van der Waals surface area contributed by atoms with Crippen LogP contribution in [-0.4, -0.2) is 17.0 Å². The van der Waals surface area contributed by atoms with Crippen LogP contribution >= 0.6 is 0 Å². The molecule has 1 amide bonds. The van der Waals surface area contributed by atoms with Gasteiger partial charge in [0.05, 0.1) is 0 Å². The summed E-state index contributed by atoms with van der Waals surface area (Å²) < 4.78 is 5.80. The van der Waals surface area contributed by atoms with Gasteiger partial charge in [-0.25, -0.2) is 0 Å². The summed E-state index contributed by atoms with van der Waals surface area (Å²) in [5.41, 5.74) is 3.75. The zero-order valence-electron chi connectivity index (χ0n) is 13.4. The lowest BCUT2D eigenvalue weighted by atomic mass is 9.92. The molecule has 0 aliphatic heterocycles. The number of aryl methyl sites for hydroxylation is 2. The van der Waals surface area contributed by atoms with Gasteiger partial charge in [0, 0.05) is 18.9 Å². The van der Waals surface area contributed by atoms with Crippen LogP contribution in [-0.2, 0) is 24.2 Å². The van der Waals surface area contributed by atoms with Gasteiger partial charge in [-0.1, -0.05) is 12.1 Å². The highest BCUT2D eigenvalue weighted by Gasteiger charge is 2.16. The molecule has 1 aromatic carbocycles. The van der Waals surface area contributed by atoms with Crippen LogP contribution in [0.4, 0.5) is 0 Å². The monoisotopic (exact) mass is 310 g/mol. The van der Waals surface area contributed by atoms with Gasteiger partial charge in [-0.15, -0.1) is 0 Å². The van der Waals surface area contributed by atoms with Crippen LogP contribution in [0.3, 0.4) is 0 Å². The minimum absolute atomic E-state index is 0.119. The third-order valence-corrected chi connectivity index (χ3v) is 4.19. The molecule has 0 saturated carbocycles. The largest absolute Gasteiger partial charge is 0.481 e. The van der Waals surface area contributed by atoms with E-state index in [0.29, 0.717) is 6.54 Å². The van der Waals surface area contributed by atoms with Crippen LogP contribution in [0.15, 0.2) is 42.7 Å². The van der Waals surface area contributed by atoms with E-state index >= 15 is 0 Å². The van der Waals surface area contributed by atoms with Crippen LogP contribution in [0.1, 0.15) is 36.5 Å². The first-order valence-electron chi connectivity index (χ1n) is 8.17. The standard InChI is InChI=1S/C19H22N2O2/c1-14(19(22)21-13-15-5-4-10-20-12-15)23-18-9-8-16-6-2-3-7-17(16)11-18/h4-5,8-12,14H,2-3,6-7,13H2,1H3,(H,21,22)/t14-/m0/s1. The number of rotatable bonds is 5. The fourth-order valence-electron chi connectivity index (χ4n) is 2.88. The number of ether oxygens (including phenoxy) is 1. The SMILES string of the molecule is C[C@H](Oc1ccc2c(c1)CCCC2)C(=O)NCc1cccnc1. The number of fused-ring (bicyclic) bond motifs is 1. The highest BCUT2D eigenvalue weighted by atomic mass is 16.5. The van der Waals surface area contributed by atoms with Gasteiger partial charge in [-0.05, 0) is 67.5 Å². The third-order valence-electron chi connectivity index (χ3n) is 4.19. The van der Waals surface area contributed by atoms with E-state index in [0.717, 1.165) is 24.2 Å². The smallest absolute Gasteiger partial charge is 0.261 e. The fraction of sp³-hybridized carbons (Fsp3) is 0.368. The molecule has 1 aliphatic rings. The molecular weight excluding hydrogens is 288 g/mol. The minimum atomic E-state index is -0.520. The number of carbonyl (C=O) groups excluding carboxylic acids is 1. The number of hydrogen-bond acceptors (Lipinski definition) is 3. The lowest BCUT2D eigenvalue weighted by Gasteiger charge is -2.19. The lowest BCUT2D eigenvalue weighted by Crippen LogP contribution is -2.35. The minimum Gasteiger partial charge on any atom is -0.481 e. The molecule has 0 radical (unpaired) electrons. The van der Waals surface area contributed by atoms with E-state index in [-0.39, 0.29) is 5.91 Å². The predicted octanol–water partition coefficient (Wildman–Crippen LogP) is 3.04. The van der Waals surface area contributed by atoms with Crippen molar-refractivity contribution in [1.82, 2.24) is 10.3 Å². The first kappa shape index (κ1) is 15.5. The maximum atomic E-state index is 12.2. The van der Waals surface area contributed by atoms with Gasteiger partial charge in [0.15, 0.2) is 6.10 Å². The average molecular weight is 310 g/mol. The van der Waals surface area contributed by atoms with Crippen molar-refractivity contribution in [2.75, 3.05) is 0 Å². The summed E-state index contributed by atoms with van der Waals surface area (Å²) in [5.74, 6) is 0.654. The molecular formula is C19H22N2O2. The molecule has 0 unspecified atom stereocenters. The Kier molecular flexibility index (Phi) is 4.91. The number of hydrogen-bond donors (Lipinski definition) is 1. The van der Waals surface area contributed by atoms with E-state index in [1.165, 1.54) is 24.0 Å². The van der Waals surface area contributed by atoms with Crippen LogP contribution in [0.25, 0.3) is 0 Å². The average Bonchev–Trinajstić information content (AvgIpc) is 2.60. The number of carbonyl (C=O) groups is 1. The Balaban J connectivity index is 1.55. The lowest BCUT2D eigenvalue weighted by molar-refractivity contribution is -0.127.